The van der Waals surface area contributed by atoms with Crippen LogP contribution < -0.4 is 15.7 Å². The molecule has 2 aromatic carbocycles. The summed E-state index contributed by atoms with van der Waals surface area (Å²) >= 11 is 1.42. The Morgan fingerprint density at radius 2 is 1.88 bits per heavy atom. The number of carbonyl (C=O) groups is 1. The highest BCUT2D eigenvalue weighted by Crippen LogP contribution is 2.21. The Balaban J connectivity index is 1.53. The van der Waals surface area contributed by atoms with Crippen LogP contribution in [0.1, 0.15) is 22.2 Å². The van der Waals surface area contributed by atoms with E-state index in [1.165, 1.54) is 60.1 Å². The monoisotopic (exact) mass is 472 g/mol. The molecule has 0 radical (unpaired) electrons. The van der Waals surface area contributed by atoms with Crippen molar-refractivity contribution in [2.24, 2.45) is 0 Å². The van der Waals surface area contributed by atoms with Crippen LogP contribution in [-0.2, 0) is 16.4 Å². The zero-order chi connectivity index (χ0) is 22.9. The van der Waals surface area contributed by atoms with Crippen molar-refractivity contribution in [2.45, 2.75) is 18.2 Å². The standard InChI is InChI=1S/C21H17FN4O4S2/c1-2-14-11-16-20(31-14)23-12-26(21(16)28)24-19(27)13-7-9-15(10-8-13)32(29,30)25-18-6-4-3-5-17(18)22/h3-12,25H,2H2,1H3,(H,24,27). The summed E-state index contributed by atoms with van der Waals surface area (Å²) in [4.78, 5) is 30.8. The Morgan fingerprint density at radius 1 is 1.16 bits per heavy atom. The van der Waals surface area contributed by atoms with Crippen LogP contribution in [0.15, 0.2) is 70.6 Å². The second-order valence-corrected chi connectivity index (χ2v) is 9.55. The van der Waals surface area contributed by atoms with Gasteiger partial charge in [0.25, 0.3) is 21.5 Å². The summed E-state index contributed by atoms with van der Waals surface area (Å²) in [5.41, 5.74) is 1.98. The van der Waals surface area contributed by atoms with Gasteiger partial charge >= 0.3 is 0 Å². The van der Waals surface area contributed by atoms with E-state index in [2.05, 4.69) is 15.1 Å². The molecule has 0 saturated carbocycles. The van der Waals surface area contributed by atoms with E-state index >= 15 is 0 Å². The number of halogens is 1. The maximum atomic E-state index is 13.8. The number of anilines is 1. The molecule has 0 spiro atoms. The van der Waals surface area contributed by atoms with Crippen LogP contribution >= 0.6 is 11.3 Å². The zero-order valence-electron chi connectivity index (χ0n) is 16.7. The Bertz CT molecular complexity index is 1480. The lowest BCUT2D eigenvalue weighted by Gasteiger charge is -2.10. The van der Waals surface area contributed by atoms with Crippen molar-refractivity contribution in [2.75, 3.05) is 10.1 Å². The van der Waals surface area contributed by atoms with E-state index in [1.807, 2.05) is 6.92 Å². The van der Waals surface area contributed by atoms with Gasteiger partial charge in [0, 0.05) is 10.4 Å². The lowest BCUT2D eigenvalue weighted by Crippen LogP contribution is -2.33. The first-order chi connectivity index (χ1) is 15.3. The molecule has 1 amide bonds. The molecule has 8 nitrogen and oxygen atoms in total. The van der Waals surface area contributed by atoms with Crippen molar-refractivity contribution in [1.82, 2.24) is 9.66 Å². The van der Waals surface area contributed by atoms with Gasteiger partial charge in [0.15, 0.2) is 0 Å². The van der Waals surface area contributed by atoms with Crippen LogP contribution in [0, 0.1) is 5.82 Å². The lowest BCUT2D eigenvalue weighted by molar-refractivity contribution is 0.101. The maximum absolute atomic E-state index is 13.8. The minimum atomic E-state index is -4.05. The van der Waals surface area contributed by atoms with Gasteiger partial charge < -0.3 is 0 Å². The van der Waals surface area contributed by atoms with Gasteiger partial charge in [-0.3, -0.25) is 19.7 Å². The van der Waals surface area contributed by atoms with E-state index in [1.54, 1.807) is 6.07 Å². The molecule has 0 bridgehead atoms. The van der Waals surface area contributed by atoms with Gasteiger partial charge in [-0.15, -0.1) is 11.3 Å². The summed E-state index contributed by atoms with van der Waals surface area (Å²) in [5.74, 6) is -1.33. The molecule has 164 valence electrons. The third kappa shape index (κ3) is 4.25. The molecule has 0 atom stereocenters. The smallest absolute Gasteiger partial charge is 0.277 e. The van der Waals surface area contributed by atoms with Crippen LogP contribution in [0.4, 0.5) is 10.1 Å². The molecule has 0 unspecified atom stereocenters. The van der Waals surface area contributed by atoms with Gasteiger partial charge in [-0.05, 0) is 48.9 Å². The molecule has 11 heteroatoms. The van der Waals surface area contributed by atoms with Crippen molar-refractivity contribution in [3.8, 4) is 0 Å². The summed E-state index contributed by atoms with van der Waals surface area (Å²) in [6, 6.07) is 12.2. The van der Waals surface area contributed by atoms with Crippen molar-refractivity contribution in [3.05, 3.63) is 87.5 Å². The summed E-state index contributed by atoms with van der Waals surface area (Å²) in [5, 5.41) is 0.412. The molecule has 2 N–H and O–H groups in total. The molecule has 4 aromatic rings. The Labute approximate surface area is 186 Å². The summed E-state index contributed by atoms with van der Waals surface area (Å²) in [6.45, 7) is 1.97. The molecule has 0 aliphatic rings. The quantitative estimate of drug-likeness (QED) is 0.447. The number of amides is 1. The van der Waals surface area contributed by atoms with E-state index in [4.69, 9.17) is 0 Å². The second kappa shape index (κ2) is 8.52. The van der Waals surface area contributed by atoms with Gasteiger partial charge in [0.2, 0.25) is 0 Å². The minimum absolute atomic E-state index is 0.126. The third-order valence-electron chi connectivity index (χ3n) is 4.62. The average Bonchev–Trinajstić information content (AvgIpc) is 3.21. The summed E-state index contributed by atoms with van der Waals surface area (Å²) in [7, 11) is -4.05. The molecule has 0 aliphatic carbocycles. The number of sulfonamides is 1. The molecule has 2 aromatic heterocycles. The van der Waals surface area contributed by atoms with Gasteiger partial charge in [-0.1, -0.05) is 19.1 Å². The number of aromatic nitrogens is 2. The fourth-order valence-corrected chi connectivity index (χ4v) is 4.93. The number of para-hydroxylation sites is 1. The van der Waals surface area contributed by atoms with Crippen molar-refractivity contribution >= 4 is 43.2 Å². The van der Waals surface area contributed by atoms with Gasteiger partial charge in [-0.25, -0.2) is 22.5 Å². The van der Waals surface area contributed by atoms with Crippen LogP contribution in [0.5, 0.6) is 0 Å². The molecule has 2 heterocycles. The number of thiophene rings is 1. The topological polar surface area (TPSA) is 110 Å². The minimum Gasteiger partial charge on any atom is -0.277 e. The Hall–Kier alpha value is -3.57. The molecule has 4 rings (SSSR count). The number of nitrogens with one attached hydrogen (secondary N) is 2. The van der Waals surface area contributed by atoms with Crippen molar-refractivity contribution in [3.63, 3.8) is 0 Å². The number of hydrogen-bond donors (Lipinski definition) is 2. The van der Waals surface area contributed by atoms with E-state index < -0.39 is 27.3 Å². The largest absolute Gasteiger partial charge is 0.280 e. The number of carbonyl (C=O) groups excluding carboxylic acids is 1. The number of rotatable bonds is 6. The van der Waals surface area contributed by atoms with E-state index in [9.17, 15) is 22.4 Å². The van der Waals surface area contributed by atoms with E-state index in [0.717, 1.165) is 22.0 Å². The number of benzene rings is 2. The lowest BCUT2D eigenvalue weighted by atomic mass is 10.2. The number of nitrogens with zero attached hydrogens (tertiary/aromatic N) is 2. The first kappa shape index (κ1) is 21.7. The molecule has 32 heavy (non-hydrogen) atoms. The Kier molecular flexibility index (Phi) is 5.76. The van der Waals surface area contributed by atoms with Gasteiger partial charge in [-0.2, -0.15) is 0 Å². The predicted octanol–water partition coefficient (Wildman–Crippen LogP) is 3.34. The highest BCUT2D eigenvalue weighted by Gasteiger charge is 2.17. The number of hydrogen-bond acceptors (Lipinski definition) is 6. The van der Waals surface area contributed by atoms with Crippen molar-refractivity contribution < 1.29 is 17.6 Å². The fourth-order valence-electron chi connectivity index (χ4n) is 2.93. The molecule has 0 fully saturated rings. The Morgan fingerprint density at radius 3 is 2.56 bits per heavy atom. The normalized spacial score (nSPS) is 11.4. The van der Waals surface area contributed by atoms with Crippen LogP contribution in [-0.4, -0.2) is 24.0 Å². The molecule has 0 aliphatic heterocycles. The zero-order valence-corrected chi connectivity index (χ0v) is 18.3. The first-order valence-electron chi connectivity index (χ1n) is 9.47. The first-order valence-corrected chi connectivity index (χ1v) is 11.8. The highest BCUT2D eigenvalue weighted by atomic mass is 32.2. The summed E-state index contributed by atoms with van der Waals surface area (Å²) in [6.07, 6.45) is 2.00. The molecule has 0 saturated heterocycles. The molecular weight excluding hydrogens is 455 g/mol. The third-order valence-corrected chi connectivity index (χ3v) is 7.19. The molecular formula is C21H17FN4O4S2. The number of fused-ring (bicyclic) bond motifs is 1. The van der Waals surface area contributed by atoms with E-state index in [-0.39, 0.29) is 16.1 Å². The van der Waals surface area contributed by atoms with Crippen LogP contribution in [0.25, 0.3) is 10.2 Å². The highest BCUT2D eigenvalue weighted by molar-refractivity contribution is 7.92. The van der Waals surface area contributed by atoms with E-state index in [0.29, 0.717) is 10.2 Å². The van der Waals surface area contributed by atoms with Crippen molar-refractivity contribution in [1.29, 1.82) is 0 Å². The fraction of sp³-hybridized carbons (Fsp3) is 0.0952. The number of aryl methyl sites for hydroxylation is 1. The van der Waals surface area contributed by atoms with Gasteiger partial charge in [0.1, 0.15) is 17.0 Å². The maximum Gasteiger partial charge on any atom is 0.280 e. The second-order valence-electron chi connectivity index (χ2n) is 6.76. The summed E-state index contributed by atoms with van der Waals surface area (Å²) < 4.78 is 41.9. The SMILES string of the molecule is CCc1cc2c(=O)n(NC(=O)c3ccc(S(=O)(=O)Nc4ccccc4F)cc3)cnc2s1. The predicted molar refractivity (Wildman–Crippen MR) is 121 cm³/mol. The van der Waals surface area contributed by atoms with Gasteiger partial charge in [0.05, 0.1) is 16.0 Å². The van der Waals surface area contributed by atoms with Crippen LogP contribution in [0.3, 0.4) is 0 Å². The van der Waals surface area contributed by atoms with Crippen LogP contribution in [0.2, 0.25) is 0 Å². The average molecular weight is 473 g/mol.